The number of carbonyl (C=O) groups is 1. The predicted octanol–water partition coefficient (Wildman–Crippen LogP) is 1.09. The molecule has 0 saturated carbocycles. The number of nitrogens with zero attached hydrogens (tertiary/aromatic N) is 2. The van der Waals surface area contributed by atoms with Crippen molar-refractivity contribution in [2.75, 3.05) is 39.9 Å². The smallest absolute Gasteiger partial charge is 0.248 e. The van der Waals surface area contributed by atoms with Crippen molar-refractivity contribution in [2.24, 2.45) is 0 Å². The summed E-state index contributed by atoms with van der Waals surface area (Å²) in [5, 5.41) is 3.81. The lowest BCUT2D eigenvalue weighted by molar-refractivity contribution is -0.136. The summed E-state index contributed by atoms with van der Waals surface area (Å²) in [4.78, 5) is 16.3. The summed E-state index contributed by atoms with van der Waals surface area (Å²) >= 11 is 0. The number of methoxy groups -OCH3 is 1. The van der Waals surface area contributed by atoms with Crippen molar-refractivity contribution >= 4 is 5.91 Å². The van der Waals surface area contributed by atoms with Gasteiger partial charge in [-0.1, -0.05) is 0 Å². The van der Waals surface area contributed by atoms with E-state index in [1.165, 1.54) is 25.9 Å². The van der Waals surface area contributed by atoms with E-state index in [1.807, 2.05) is 4.90 Å². The topological polar surface area (TPSA) is 44.8 Å². The standard InChI is InChI=1S/C16H31N3O2/c1-13(2)18-8-4-14(5-9-18)17-15-6-10-19(11-7-15)16(20)12-21-3/h13-15,17H,4-12H2,1-3H3. The zero-order chi connectivity index (χ0) is 15.2. The SMILES string of the molecule is COCC(=O)N1CCC(NC2CCN(C(C)C)CC2)CC1. The fourth-order valence-corrected chi connectivity index (χ4v) is 3.43. The predicted molar refractivity (Wildman–Crippen MR) is 84.3 cm³/mol. The Balaban J connectivity index is 1.66. The summed E-state index contributed by atoms with van der Waals surface area (Å²) < 4.78 is 4.92. The molecule has 2 fully saturated rings. The van der Waals surface area contributed by atoms with Crippen LogP contribution in [0.2, 0.25) is 0 Å². The van der Waals surface area contributed by atoms with Gasteiger partial charge in [-0.2, -0.15) is 0 Å². The molecule has 1 N–H and O–H groups in total. The number of likely N-dealkylation sites (tertiary alicyclic amines) is 2. The number of nitrogens with one attached hydrogen (secondary N) is 1. The highest BCUT2D eigenvalue weighted by atomic mass is 16.5. The van der Waals surface area contributed by atoms with Crippen LogP contribution >= 0.6 is 0 Å². The lowest BCUT2D eigenvalue weighted by Crippen LogP contribution is -2.51. The third-order valence-corrected chi connectivity index (χ3v) is 4.85. The van der Waals surface area contributed by atoms with E-state index >= 15 is 0 Å². The van der Waals surface area contributed by atoms with Gasteiger partial charge < -0.3 is 19.9 Å². The minimum absolute atomic E-state index is 0.126. The quantitative estimate of drug-likeness (QED) is 0.825. The van der Waals surface area contributed by atoms with Crippen LogP contribution in [0.4, 0.5) is 0 Å². The molecule has 2 aliphatic heterocycles. The molecular formula is C16H31N3O2. The van der Waals surface area contributed by atoms with E-state index < -0.39 is 0 Å². The number of ether oxygens (including phenoxy) is 1. The van der Waals surface area contributed by atoms with E-state index in [-0.39, 0.29) is 12.5 Å². The first kappa shape index (κ1) is 16.7. The van der Waals surface area contributed by atoms with Gasteiger partial charge in [-0.25, -0.2) is 0 Å². The zero-order valence-electron chi connectivity index (χ0n) is 13.8. The van der Waals surface area contributed by atoms with Crippen LogP contribution in [0.25, 0.3) is 0 Å². The van der Waals surface area contributed by atoms with Crippen LogP contribution in [0.15, 0.2) is 0 Å². The van der Waals surface area contributed by atoms with Gasteiger partial charge in [-0.3, -0.25) is 4.79 Å². The second-order valence-corrected chi connectivity index (χ2v) is 6.66. The van der Waals surface area contributed by atoms with Crippen molar-refractivity contribution in [2.45, 2.75) is 57.7 Å². The van der Waals surface area contributed by atoms with Gasteiger partial charge in [0.05, 0.1) is 0 Å². The van der Waals surface area contributed by atoms with Crippen LogP contribution in [-0.4, -0.2) is 73.7 Å². The third-order valence-electron chi connectivity index (χ3n) is 4.85. The molecule has 0 atom stereocenters. The molecule has 0 aliphatic carbocycles. The zero-order valence-corrected chi connectivity index (χ0v) is 13.8. The van der Waals surface area contributed by atoms with E-state index in [9.17, 15) is 4.79 Å². The Hall–Kier alpha value is -0.650. The Bertz CT molecular complexity index is 319. The lowest BCUT2D eigenvalue weighted by atomic mass is 9.99. The largest absolute Gasteiger partial charge is 0.375 e. The molecule has 0 aromatic carbocycles. The Morgan fingerprint density at radius 2 is 1.62 bits per heavy atom. The summed E-state index contributed by atoms with van der Waals surface area (Å²) in [6.07, 6.45) is 4.64. The number of hydrogen-bond acceptors (Lipinski definition) is 4. The summed E-state index contributed by atoms with van der Waals surface area (Å²) in [6.45, 7) is 8.92. The van der Waals surface area contributed by atoms with Crippen molar-refractivity contribution < 1.29 is 9.53 Å². The average molecular weight is 297 g/mol. The first-order chi connectivity index (χ1) is 10.1. The van der Waals surface area contributed by atoms with Gasteiger partial charge in [0.2, 0.25) is 5.91 Å². The molecule has 5 nitrogen and oxygen atoms in total. The van der Waals surface area contributed by atoms with Crippen LogP contribution in [0.3, 0.4) is 0 Å². The van der Waals surface area contributed by atoms with Crippen LogP contribution in [-0.2, 0) is 9.53 Å². The van der Waals surface area contributed by atoms with Gasteiger partial charge in [0.25, 0.3) is 0 Å². The van der Waals surface area contributed by atoms with Gasteiger partial charge in [-0.05, 0) is 52.6 Å². The molecule has 2 heterocycles. The summed E-state index contributed by atoms with van der Waals surface area (Å²) in [7, 11) is 1.58. The van der Waals surface area contributed by atoms with Crippen molar-refractivity contribution in [3.8, 4) is 0 Å². The lowest BCUT2D eigenvalue weighted by Gasteiger charge is -2.39. The molecule has 2 rings (SSSR count). The molecule has 1 amide bonds. The first-order valence-corrected chi connectivity index (χ1v) is 8.37. The first-order valence-electron chi connectivity index (χ1n) is 8.37. The highest BCUT2D eigenvalue weighted by molar-refractivity contribution is 5.77. The van der Waals surface area contributed by atoms with Gasteiger partial charge in [0.15, 0.2) is 0 Å². The molecule has 0 unspecified atom stereocenters. The number of rotatable bonds is 5. The molecular weight excluding hydrogens is 266 g/mol. The van der Waals surface area contributed by atoms with E-state index in [0.717, 1.165) is 25.9 Å². The maximum atomic E-state index is 11.8. The molecule has 0 radical (unpaired) electrons. The van der Waals surface area contributed by atoms with E-state index in [4.69, 9.17) is 4.74 Å². The van der Waals surface area contributed by atoms with Crippen molar-refractivity contribution in [3.63, 3.8) is 0 Å². The van der Waals surface area contributed by atoms with Crippen molar-refractivity contribution in [3.05, 3.63) is 0 Å². The Labute approximate surface area is 129 Å². The van der Waals surface area contributed by atoms with Crippen LogP contribution in [0.5, 0.6) is 0 Å². The minimum atomic E-state index is 0.126. The van der Waals surface area contributed by atoms with Crippen molar-refractivity contribution in [1.82, 2.24) is 15.1 Å². The summed E-state index contributed by atoms with van der Waals surface area (Å²) in [6, 6.07) is 1.90. The van der Waals surface area contributed by atoms with Gasteiger partial charge in [0.1, 0.15) is 6.61 Å². The van der Waals surface area contributed by atoms with E-state index in [2.05, 4.69) is 24.1 Å². The van der Waals surface area contributed by atoms with E-state index in [1.54, 1.807) is 7.11 Å². The van der Waals surface area contributed by atoms with Crippen LogP contribution in [0.1, 0.15) is 39.5 Å². The van der Waals surface area contributed by atoms with E-state index in [0.29, 0.717) is 18.1 Å². The second kappa shape index (κ2) is 8.11. The van der Waals surface area contributed by atoms with Crippen molar-refractivity contribution in [1.29, 1.82) is 0 Å². The maximum Gasteiger partial charge on any atom is 0.248 e. The minimum Gasteiger partial charge on any atom is -0.375 e. The normalized spacial score (nSPS) is 23.0. The fourth-order valence-electron chi connectivity index (χ4n) is 3.43. The molecule has 122 valence electrons. The second-order valence-electron chi connectivity index (χ2n) is 6.66. The van der Waals surface area contributed by atoms with Gasteiger partial charge >= 0.3 is 0 Å². The Morgan fingerprint density at radius 3 is 2.10 bits per heavy atom. The molecule has 0 spiro atoms. The van der Waals surface area contributed by atoms with Crippen LogP contribution < -0.4 is 5.32 Å². The Kier molecular flexibility index (Phi) is 6.45. The highest BCUT2D eigenvalue weighted by Gasteiger charge is 2.26. The monoisotopic (exact) mass is 297 g/mol. The number of carbonyl (C=O) groups excluding carboxylic acids is 1. The fraction of sp³-hybridized carbons (Fsp3) is 0.938. The third kappa shape index (κ3) is 4.94. The van der Waals surface area contributed by atoms with Gasteiger partial charge in [-0.15, -0.1) is 0 Å². The van der Waals surface area contributed by atoms with Crippen LogP contribution in [0, 0.1) is 0 Å². The number of hydrogen-bond donors (Lipinski definition) is 1. The molecule has 2 aliphatic rings. The molecule has 0 aromatic heterocycles. The molecule has 21 heavy (non-hydrogen) atoms. The molecule has 2 saturated heterocycles. The Morgan fingerprint density at radius 1 is 1.10 bits per heavy atom. The number of piperidine rings is 2. The average Bonchev–Trinajstić information content (AvgIpc) is 2.49. The molecule has 0 bridgehead atoms. The summed E-state index contributed by atoms with van der Waals surface area (Å²) in [5.74, 6) is 0.126. The highest BCUT2D eigenvalue weighted by Crippen LogP contribution is 2.17. The summed E-state index contributed by atoms with van der Waals surface area (Å²) in [5.41, 5.74) is 0. The molecule has 0 aromatic rings. The maximum absolute atomic E-state index is 11.8. The van der Waals surface area contributed by atoms with Gasteiger partial charge in [0, 0.05) is 38.3 Å². The number of amides is 1. The molecule has 5 heteroatoms.